The molecule has 1 aliphatic rings. The largest absolute Gasteiger partial charge is 0.416 e. The van der Waals surface area contributed by atoms with Crippen LogP contribution in [0, 0.1) is 0 Å². The summed E-state index contributed by atoms with van der Waals surface area (Å²) in [5.74, 6) is -0.535. The van der Waals surface area contributed by atoms with Crippen molar-refractivity contribution in [2.45, 2.75) is 18.3 Å². The number of nitrogens with one attached hydrogen (secondary N) is 2. The lowest BCUT2D eigenvalue weighted by Gasteiger charge is -2.18. The Kier molecular flexibility index (Phi) is 4.29. The Hall–Kier alpha value is -1.60. The molecule has 20 heavy (non-hydrogen) atoms. The number of hydrogen-bond donors (Lipinski definition) is 2. The molecular formula is C13H15F3N2O2. The first kappa shape index (κ1) is 14.8. The summed E-state index contributed by atoms with van der Waals surface area (Å²) in [5, 5.41) is 5.73. The summed E-state index contributed by atoms with van der Waals surface area (Å²) >= 11 is 0. The Morgan fingerprint density at radius 1 is 1.40 bits per heavy atom. The number of benzene rings is 1. The number of amides is 1. The smallest absolute Gasteiger partial charge is 0.378 e. The number of hydrogen-bond acceptors (Lipinski definition) is 3. The van der Waals surface area contributed by atoms with Crippen LogP contribution >= 0.6 is 0 Å². The lowest BCUT2D eigenvalue weighted by molar-refractivity contribution is -0.137. The minimum Gasteiger partial charge on any atom is -0.378 e. The molecule has 1 aliphatic heterocycles. The summed E-state index contributed by atoms with van der Waals surface area (Å²) in [5.41, 5.74) is -0.848. The zero-order valence-corrected chi connectivity index (χ0v) is 10.8. The number of alkyl halides is 3. The zero-order chi connectivity index (χ0) is 14.8. The molecule has 0 spiro atoms. The van der Waals surface area contributed by atoms with Crippen LogP contribution in [0.15, 0.2) is 24.3 Å². The standard InChI is InChI=1S/C13H15F3N2O2/c1-20-11-7-17-6-10(11)18-12(19)8-3-2-4-9(5-8)13(14,15)16/h2-5,10-11,17H,6-7H2,1H3,(H,18,19)/t10?,11-/m0/s1. The quantitative estimate of drug-likeness (QED) is 0.884. The molecule has 110 valence electrons. The van der Waals surface area contributed by atoms with E-state index in [1.54, 1.807) is 0 Å². The topological polar surface area (TPSA) is 50.4 Å². The van der Waals surface area contributed by atoms with Crippen LogP contribution in [0.4, 0.5) is 13.2 Å². The van der Waals surface area contributed by atoms with Gasteiger partial charge in [-0.3, -0.25) is 4.79 Å². The van der Waals surface area contributed by atoms with Crippen molar-refractivity contribution in [2.75, 3.05) is 20.2 Å². The van der Waals surface area contributed by atoms with E-state index in [-0.39, 0.29) is 17.7 Å². The highest BCUT2D eigenvalue weighted by Crippen LogP contribution is 2.29. The predicted molar refractivity (Wildman–Crippen MR) is 66.4 cm³/mol. The first-order valence-electron chi connectivity index (χ1n) is 6.13. The Morgan fingerprint density at radius 3 is 2.80 bits per heavy atom. The molecule has 1 unspecified atom stereocenters. The van der Waals surface area contributed by atoms with Crippen LogP contribution in [0.1, 0.15) is 15.9 Å². The molecule has 0 aromatic heterocycles. The van der Waals surface area contributed by atoms with Crippen molar-refractivity contribution in [2.24, 2.45) is 0 Å². The molecule has 2 rings (SSSR count). The van der Waals surface area contributed by atoms with Gasteiger partial charge in [0.15, 0.2) is 0 Å². The van der Waals surface area contributed by atoms with Crippen molar-refractivity contribution < 1.29 is 22.7 Å². The minimum absolute atomic E-state index is 0.0124. The van der Waals surface area contributed by atoms with Gasteiger partial charge in [-0.1, -0.05) is 6.07 Å². The molecular weight excluding hydrogens is 273 g/mol. The van der Waals surface area contributed by atoms with Crippen LogP contribution < -0.4 is 10.6 Å². The number of carbonyl (C=O) groups is 1. The first-order valence-corrected chi connectivity index (χ1v) is 6.13. The van der Waals surface area contributed by atoms with Crippen molar-refractivity contribution in [3.63, 3.8) is 0 Å². The SMILES string of the molecule is CO[C@H]1CNCC1NC(=O)c1cccc(C(F)(F)F)c1. The van der Waals surface area contributed by atoms with Gasteiger partial charge < -0.3 is 15.4 Å². The maximum absolute atomic E-state index is 12.6. The van der Waals surface area contributed by atoms with E-state index in [0.29, 0.717) is 13.1 Å². The number of carbonyl (C=O) groups excluding carboxylic acids is 1. The summed E-state index contributed by atoms with van der Waals surface area (Å²) in [4.78, 5) is 12.0. The number of methoxy groups -OCH3 is 1. The third kappa shape index (κ3) is 3.29. The van der Waals surface area contributed by atoms with Gasteiger partial charge >= 0.3 is 6.18 Å². The number of ether oxygens (including phenoxy) is 1. The van der Waals surface area contributed by atoms with Gasteiger partial charge in [-0.05, 0) is 18.2 Å². The molecule has 0 saturated carbocycles. The van der Waals surface area contributed by atoms with Crippen molar-refractivity contribution in [3.8, 4) is 0 Å². The fraction of sp³-hybridized carbons (Fsp3) is 0.462. The van der Waals surface area contributed by atoms with E-state index < -0.39 is 17.6 Å². The molecule has 0 aliphatic carbocycles. The van der Waals surface area contributed by atoms with Crippen molar-refractivity contribution >= 4 is 5.91 Å². The van der Waals surface area contributed by atoms with Crippen molar-refractivity contribution in [1.29, 1.82) is 0 Å². The molecule has 1 aromatic carbocycles. The monoisotopic (exact) mass is 288 g/mol. The highest BCUT2D eigenvalue weighted by atomic mass is 19.4. The van der Waals surface area contributed by atoms with Gasteiger partial charge in [0.1, 0.15) is 0 Å². The summed E-state index contributed by atoms with van der Waals surface area (Å²) in [6, 6.07) is 4.11. The maximum Gasteiger partial charge on any atom is 0.416 e. The third-order valence-corrected chi connectivity index (χ3v) is 3.23. The van der Waals surface area contributed by atoms with Gasteiger partial charge in [0.2, 0.25) is 0 Å². The average molecular weight is 288 g/mol. The van der Waals surface area contributed by atoms with Crippen molar-refractivity contribution in [1.82, 2.24) is 10.6 Å². The average Bonchev–Trinajstić information content (AvgIpc) is 2.85. The van der Waals surface area contributed by atoms with E-state index in [0.717, 1.165) is 12.1 Å². The second kappa shape index (κ2) is 5.80. The minimum atomic E-state index is -4.46. The fourth-order valence-electron chi connectivity index (χ4n) is 2.13. The van der Waals surface area contributed by atoms with E-state index in [2.05, 4.69) is 10.6 Å². The van der Waals surface area contributed by atoms with E-state index in [4.69, 9.17) is 4.74 Å². The van der Waals surface area contributed by atoms with Crippen LogP contribution in [-0.4, -0.2) is 38.3 Å². The maximum atomic E-state index is 12.6. The van der Waals surface area contributed by atoms with Gasteiger partial charge in [0.25, 0.3) is 5.91 Å². The van der Waals surface area contributed by atoms with Crippen LogP contribution in [0.3, 0.4) is 0 Å². The zero-order valence-electron chi connectivity index (χ0n) is 10.8. The Bertz CT molecular complexity index is 491. The summed E-state index contributed by atoms with van der Waals surface area (Å²) < 4.78 is 43.0. The molecule has 2 N–H and O–H groups in total. The molecule has 0 radical (unpaired) electrons. The summed E-state index contributed by atoms with van der Waals surface area (Å²) in [6.07, 6.45) is -4.63. The molecule has 1 saturated heterocycles. The molecule has 1 fully saturated rings. The Morgan fingerprint density at radius 2 is 2.15 bits per heavy atom. The molecule has 1 heterocycles. The van der Waals surface area contributed by atoms with Gasteiger partial charge in [0, 0.05) is 25.8 Å². The molecule has 1 amide bonds. The van der Waals surface area contributed by atoms with Gasteiger partial charge in [-0.2, -0.15) is 13.2 Å². The lowest BCUT2D eigenvalue weighted by Crippen LogP contribution is -2.43. The molecule has 2 atom stereocenters. The number of halogens is 3. The van der Waals surface area contributed by atoms with E-state index in [1.165, 1.54) is 19.2 Å². The van der Waals surface area contributed by atoms with Crippen molar-refractivity contribution in [3.05, 3.63) is 35.4 Å². The van der Waals surface area contributed by atoms with Crippen LogP contribution in [0.2, 0.25) is 0 Å². The summed E-state index contributed by atoms with van der Waals surface area (Å²) in [7, 11) is 1.53. The van der Waals surface area contributed by atoms with Crippen LogP contribution in [0.25, 0.3) is 0 Å². The molecule has 4 nitrogen and oxygen atoms in total. The lowest BCUT2D eigenvalue weighted by atomic mass is 10.1. The summed E-state index contributed by atoms with van der Waals surface area (Å²) in [6.45, 7) is 1.13. The van der Waals surface area contributed by atoms with E-state index in [9.17, 15) is 18.0 Å². The molecule has 1 aromatic rings. The highest BCUT2D eigenvalue weighted by Gasteiger charge is 2.32. The van der Waals surface area contributed by atoms with Gasteiger partial charge in [0.05, 0.1) is 17.7 Å². The highest BCUT2D eigenvalue weighted by molar-refractivity contribution is 5.94. The second-order valence-electron chi connectivity index (χ2n) is 4.59. The Labute approximate surface area is 114 Å². The van der Waals surface area contributed by atoms with Crippen LogP contribution in [-0.2, 0) is 10.9 Å². The second-order valence-corrected chi connectivity index (χ2v) is 4.59. The normalized spacial score (nSPS) is 22.8. The van der Waals surface area contributed by atoms with E-state index in [1.807, 2.05) is 0 Å². The third-order valence-electron chi connectivity index (χ3n) is 3.23. The van der Waals surface area contributed by atoms with Gasteiger partial charge in [-0.15, -0.1) is 0 Å². The number of rotatable bonds is 3. The molecule has 0 bridgehead atoms. The fourth-order valence-corrected chi connectivity index (χ4v) is 2.13. The Balaban J connectivity index is 2.10. The van der Waals surface area contributed by atoms with E-state index >= 15 is 0 Å². The predicted octanol–water partition coefficient (Wildman–Crippen LogP) is 1.42. The van der Waals surface area contributed by atoms with Gasteiger partial charge in [-0.25, -0.2) is 0 Å². The van der Waals surface area contributed by atoms with Crippen LogP contribution in [0.5, 0.6) is 0 Å². The first-order chi connectivity index (χ1) is 9.41. The molecule has 7 heteroatoms.